The van der Waals surface area contributed by atoms with Gasteiger partial charge in [-0.3, -0.25) is 9.59 Å². The molecule has 2 amide bonds. The first-order valence-corrected chi connectivity index (χ1v) is 10.6. The smallest absolute Gasteiger partial charge is 0.346 e. The molecule has 2 aromatic carbocycles. The number of ether oxygens (including phenoxy) is 1. The van der Waals surface area contributed by atoms with Crippen LogP contribution in [0.2, 0.25) is 0 Å². The van der Waals surface area contributed by atoms with E-state index in [2.05, 4.69) is 0 Å². The van der Waals surface area contributed by atoms with E-state index in [0.29, 0.717) is 10.5 Å². The normalized spacial score (nSPS) is 13.3. The molecule has 0 radical (unpaired) electrons. The zero-order valence-electron chi connectivity index (χ0n) is 17.2. The van der Waals surface area contributed by atoms with Crippen LogP contribution in [0.5, 0.6) is 5.75 Å². The summed E-state index contributed by atoms with van der Waals surface area (Å²) >= 11 is 0.824. The number of hydrogen-bond donors (Lipinski definition) is 1. The average molecular weight is 475 g/mol. The highest BCUT2D eigenvalue weighted by atomic mass is 32.1. The second kappa shape index (κ2) is 8.70. The molecule has 0 saturated heterocycles. The van der Waals surface area contributed by atoms with Crippen molar-refractivity contribution in [3.63, 3.8) is 0 Å². The predicted molar refractivity (Wildman–Crippen MR) is 114 cm³/mol. The Labute approximate surface area is 189 Å². The number of carbonyl (C=O) groups excluding carboxylic acids is 2. The average Bonchev–Trinajstić information content (AvgIpc) is 3.21. The largest absolute Gasteiger partial charge is 0.496 e. The highest BCUT2D eigenvalue weighted by Crippen LogP contribution is 2.33. The van der Waals surface area contributed by atoms with Gasteiger partial charge in [-0.2, -0.15) is 0 Å². The fraction of sp³-hybridized carbons (Fsp3) is 0.174. The van der Waals surface area contributed by atoms with Crippen LogP contribution < -0.4 is 9.64 Å². The molecule has 1 aromatic heterocycles. The number of thiophene rings is 1. The molecule has 3 aromatic rings. The standard InChI is InChI=1S/C23H16F3NO5S/c1-32-17-7-6-15(25)20(26)13(17)4-2-11-3-5-14(24)16(8-11)27-18(28)9-12-10-33-21(23(30)31)19(12)22(27)29/h3,5-8,10H,2,4,9H2,1H3,(H,30,31). The van der Waals surface area contributed by atoms with Crippen molar-refractivity contribution in [3.8, 4) is 5.75 Å². The van der Waals surface area contributed by atoms with Crippen molar-refractivity contribution in [2.75, 3.05) is 12.0 Å². The fourth-order valence-electron chi connectivity index (χ4n) is 3.78. The molecule has 1 N–H and O–H groups in total. The summed E-state index contributed by atoms with van der Waals surface area (Å²) in [6, 6.07) is 5.98. The van der Waals surface area contributed by atoms with Gasteiger partial charge in [0, 0.05) is 5.56 Å². The molecule has 0 atom stereocenters. The van der Waals surface area contributed by atoms with E-state index >= 15 is 0 Å². The molecule has 0 aliphatic carbocycles. The van der Waals surface area contributed by atoms with Crippen molar-refractivity contribution in [2.45, 2.75) is 19.3 Å². The number of imide groups is 1. The van der Waals surface area contributed by atoms with Crippen LogP contribution in [-0.4, -0.2) is 30.0 Å². The van der Waals surface area contributed by atoms with Gasteiger partial charge < -0.3 is 9.84 Å². The quantitative estimate of drug-likeness (QED) is 0.535. The molecule has 6 nitrogen and oxygen atoms in total. The van der Waals surface area contributed by atoms with Gasteiger partial charge in [0.15, 0.2) is 11.6 Å². The lowest BCUT2D eigenvalue weighted by molar-refractivity contribution is -0.117. The number of halogens is 3. The third-order valence-corrected chi connectivity index (χ3v) is 6.37. The van der Waals surface area contributed by atoms with Gasteiger partial charge in [-0.15, -0.1) is 11.3 Å². The van der Waals surface area contributed by atoms with Gasteiger partial charge in [-0.25, -0.2) is 22.9 Å². The maximum Gasteiger partial charge on any atom is 0.346 e. The SMILES string of the molecule is COc1ccc(F)c(F)c1CCc1ccc(F)c(N2C(=O)Cc3csc(C(=O)O)c3C2=O)c1. The zero-order chi connectivity index (χ0) is 23.9. The molecule has 0 saturated carbocycles. The first-order chi connectivity index (χ1) is 15.7. The number of rotatable bonds is 6. The van der Waals surface area contributed by atoms with Gasteiger partial charge in [-0.1, -0.05) is 6.07 Å². The minimum atomic E-state index is -1.32. The van der Waals surface area contributed by atoms with Crippen LogP contribution in [0.3, 0.4) is 0 Å². The Hall–Kier alpha value is -3.66. The van der Waals surface area contributed by atoms with Crippen LogP contribution in [0.4, 0.5) is 18.9 Å². The summed E-state index contributed by atoms with van der Waals surface area (Å²) in [5, 5.41) is 10.8. The van der Waals surface area contributed by atoms with E-state index in [4.69, 9.17) is 4.74 Å². The van der Waals surface area contributed by atoms with E-state index in [-0.39, 0.29) is 52.3 Å². The monoisotopic (exact) mass is 475 g/mol. The number of anilines is 1. The van der Waals surface area contributed by atoms with Crippen molar-refractivity contribution >= 4 is 34.8 Å². The Morgan fingerprint density at radius 3 is 2.55 bits per heavy atom. The van der Waals surface area contributed by atoms with E-state index in [9.17, 15) is 32.7 Å². The third-order valence-electron chi connectivity index (χ3n) is 5.36. The number of aromatic carboxylic acids is 1. The van der Waals surface area contributed by atoms with Gasteiger partial charge >= 0.3 is 5.97 Å². The second-order valence-electron chi connectivity index (χ2n) is 7.31. The van der Waals surface area contributed by atoms with Crippen LogP contribution in [-0.2, 0) is 24.1 Å². The summed E-state index contributed by atoms with van der Waals surface area (Å²) < 4.78 is 47.6. The van der Waals surface area contributed by atoms with Crippen LogP contribution >= 0.6 is 11.3 Å². The summed E-state index contributed by atoms with van der Waals surface area (Å²) in [4.78, 5) is 37.5. The Bertz CT molecular complexity index is 1300. The first-order valence-electron chi connectivity index (χ1n) is 9.73. The summed E-state index contributed by atoms with van der Waals surface area (Å²) in [6.07, 6.45) is -0.109. The Balaban J connectivity index is 1.67. The molecule has 1 aliphatic rings. The predicted octanol–water partition coefficient (Wildman–Crippen LogP) is 4.39. The van der Waals surface area contributed by atoms with Crippen molar-refractivity contribution in [2.24, 2.45) is 0 Å². The number of fused-ring (bicyclic) bond motifs is 1. The molecular weight excluding hydrogens is 459 g/mol. The van der Waals surface area contributed by atoms with Crippen molar-refractivity contribution in [3.05, 3.63) is 80.3 Å². The highest BCUT2D eigenvalue weighted by Gasteiger charge is 2.38. The number of methoxy groups -OCH3 is 1. The van der Waals surface area contributed by atoms with E-state index in [1.165, 1.54) is 30.7 Å². The molecule has 33 heavy (non-hydrogen) atoms. The summed E-state index contributed by atoms with van der Waals surface area (Å²) in [6.45, 7) is 0. The molecule has 0 fully saturated rings. The molecule has 0 unspecified atom stereocenters. The van der Waals surface area contributed by atoms with Gasteiger partial charge in [-0.05, 0) is 53.6 Å². The van der Waals surface area contributed by atoms with Crippen molar-refractivity contribution in [1.29, 1.82) is 0 Å². The van der Waals surface area contributed by atoms with E-state index in [0.717, 1.165) is 23.5 Å². The summed E-state index contributed by atoms with van der Waals surface area (Å²) in [5.74, 6) is -5.72. The Morgan fingerprint density at radius 2 is 1.85 bits per heavy atom. The summed E-state index contributed by atoms with van der Waals surface area (Å²) in [7, 11) is 1.32. The number of amides is 2. The van der Waals surface area contributed by atoms with Crippen LogP contribution in [0.1, 0.15) is 36.7 Å². The van der Waals surface area contributed by atoms with Crippen molar-refractivity contribution in [1.82, 2.24) is 0 Å². The van der Waals surface area contributed by atoms with Crippen LogP contribution in [0.25, 0.3) is 0 Å². The molecule has 0 bridgehead atoms. The topological polar surface area (TPSA) is 83.9 Å². The van der Waals surface area contributed by atoms with Gasteiger partial charge in [0.05, 0.1) is 24.8 Å². The molecule has 1 aliphatic heterocycles. The molecule has 10 heteroatoms. The Morgan fingerprint density at radius 1 is 1.12 bits per heavy atom. The third kappa shape index (κ3) is 3.97. The molecule has 170 valence electrons. The first kappa shape index (κ1) is 22.5. The number of aryl methyl sites for hydroxylation is 1. The van der Waals surface area contributed by atoms with E-state index in [1.54, 1.807) is 0 Å². The number of carboxylic acid groups (broad SMARTS) is 1. The summed E-state index contributed by atoms with van der Waals surface area (Å²) in [5.41, 5.74) is 0.273. The molecule has 2 heterocycles. The van der Waals surface area contributed by atoms with E-state index in [1.807, 2.05) is 0 Å². The lowest BCUT2D eigenvalue weighted by Gasteiger charge is -2.26. The maximum atomic E-state index is 14.7. The van der Waals surface area contributed by atoms with Crippen LogP contribution in [0, 0.1) is 17.5 Å². The fourth-order valence-corrected chi connectivity index (χ4v) is 4.68. The maximum absolute atomic E-state index is 14.7. The number of carbonyl (C=O) groups is 3. The molecular formula is C23H16F3NO5S. The number of nitrogens with zero attached hydrogens (tertiary/aromatic N) is 1. The minimum absolute atomic E-state index is 0.00233. The zero-order valence-corrected chi connectivity index (χ0v) is 18.0. The number of benzene rings is 2. The van der Waals surface area contributed by atoms with E-state index < -0.39 is 35.2 Å². The Kier molecular flexibility index (Phi) is 5.94. The van der Waals surface area contributed by atoms with Crippen molar-refractivity contribution < 1.29 is 37.4 Å². The van der Waals surface area contributed by atoms with Gasteiger partial charge in [0.1, 0.15) is 16.4 Å². The number of carboxylic acids is 1. The highest BCUT2D eigenvalue weighted by molar-refractivity contribution is 7.12. The van der Waals surface area contributed by atoms with Gasteiger partial charge in [0.25, 0.3) is 5.91 Å². The van der Waals surface area contributed by atoms with Crippen LogP contribution in [0.15, 0.2) is 35.7 Å². The molecule has 4 rings (SSSR count). The lowest BCUT2D eigenvalue weighted by atomic mass is 9.99. The molecule has 0 spiro atoms. The lowest BCUT2D eigenvalue weighted by Crippen LogP contribution is -2.43. The second-order valence-corrected chi connectivity index (χ2v) is 8.19. The number of hydrogen-bond acceptors (Lipinski definition) is 5. The minimum Gasteiger partial charge on any atom is -0.496 e. The van der Waals surface area contributed by atoms with Gasteiger partial charge in [0.2, 0.25) is 5.91 Å².